The standard InChI is InChI=1S/C16H17N5O3/c1-16(2,3)15-19-13(24-20-15)10-5-6-17-12(7-10)21-8-11(18-9-21)14(22)23-4/h5-9H,1-4H3. The van der Waals surface area contributed by atoms with Crippen molar-refractivity contribution in [3.63, 3.8) is 0 Å². The Morgan fingerprint density at radius 3 is 2.75 bits per heavy atom. The third kappa shape index (κ3) is 3.03. The van der Waals surface area contributed by atoms with Gasteiger partial charge < -0.3 is 9.26 Å². The lowest BCUT2D eigenvalue weighted by Crippen LogP contribution is -2.13. The molecule has 0 amide bonds. The summed E-state index contributed by atoms with van der Waals surface area (Å²) in [6.07, 6.45) is 4.67. The van der Waals surface area contributed by atoms with Crippen LogP contribution in [0.25, 0.3) is 17.3 Å². The fourth-order valence-electron chi connectivity index (χ4n) is 2.00. The molecule has 0 aromatic carbocycles. The number of pyridine rings is 1. The molecule has 0 unspecified atom stereocenters. The molecule has 0 bridgehead atoms. The molecule has 3 aromatic rings. The van der Waals surface area contributed by atoms with Crippen LogP contribution < -0.4 is 0 Å². The van der Waals surface area contributed by atoms with E-state index in [0.29, 0.717) is 17.5 Å². The van der Waals surface area contributed by atoms with Crippen LogP contribution in [0.15, 0.2) is 35.4 Å². The number of methoxy groups -OCH3 is 1. The normalized spacial score (nSPS) is 11.5. The van der Waals surface area contributed by atoms with Crippen molar-refractivity contribution >= 4 is 5.97 Å². The summed E-state index contributed by atoms with van der Waals surface area (Å²) in [6, 6.07) is 3.56. The Morgan fingerprint density at radius 2 is 2.08 bits per heavy atom. The Kier molecular flexibility index (Phi) is 3.88. The maximum absolute atomic E-state index is 11.5. The van der Waals surface area contributed by atoms with E-state index in [0.717, 1.165) is 5.56 Å². The molecule has 0 fully saturated rings. The van der Waals surface area contributed by atoms with Crippen molar-refractivity contribution in [3.05, 3.63) is 42.4 Å². The highest BCUT2D eigenvalue weighted by molar-refractivity contribution is 5.86. The van der Waals surface area contributed by atoms with Crippen LogP contribution in [0.2, 0.25) is 0 Å². The van der Waals surface area contributed by atoms with Gasteiger partial charge in [0, 0.05) is 23.4 Å². The Morgan fingerprint density at radius 1 is 1.29 bits per heavy atom. The highest BCUT2D eigenvalue weighted by Gasteiger charge is 2.21. The fourth-order valence-corrected chi connectivity index (χ4v) is 2.00. The molecule has 3 aromatic heterocycles. The third-order valence-electron chi connectivity index (χ3n) is 3.33. The third-order valence-corrected chi connectivity index (χ3v) is 3.33. The zero-order valence-electron chi connectivity index (χ0n) is 13.8. The van der Waals surface area contributed by atoms with Crippen molar-refractivity contribution in [2.75, 3.05) is 7.11 Å². The highest BCUT2D eigenvalue weighted by atomic mass is 16.5. The van der Waals surface area contributed by atoms with E-state index in [9.17, 15) is 4.79 Å². The van der Waals surface area contributed by atoms with Crippen LogP contribution in [-0.4, -0.2) is 37.8 Å². The number of esters is 1. The number of hydrogen-bond acceptors (Lipinski definition) is 7. The lowest BCUT2D eigenvalue weighted by molar-refractivity contribution is 0.0594. The van der Waals surface area contributed by atoms with E-state index < -0.39 is 5.97 Å². The highest BCUT2D eigenvalue weighted by Crippen LogP contribution is 2.24. The minimum Gasteiger partial charge on any atom is -0.464 e. The summed E-state index contributed by atoms with van der Waals surface area (Å²) in [5.74, 6) is 1.12. The molecular formula is C16H17N5O3. The number of aromatic nitrogens is 5. The average molecular weight is 327 g/mol. The van der Waals surface area contributed by atoms with Gasteiger partial charge >= 0.3 is 5.97 Å². The zero-order chi connectivity index (χ0) is 17.3. The first kappa shape index (κ1) is 15.9. The van der Waals surface area contributed by atoms with E-state index in [1.165, 1.54) is 13.4 Å². The molecule has 0 saturated carbocycles. The lowest BCUT2D eigenvalue weighted by atomic mass is 9.96. The van der Waals surface area contributed by atoms with Crippen LogP contribution in [0.1, 0.15) is 37.1 Å². The Balaban J connectivity index is 1.93. The van der Waals surface area contributed by atoms with Crippen LogP contribution >= 0.6 is 0 Å². The molecule has 0 radical (unpaired) electrons. The maximum atomic E-state index is 11.5. The van der Waals surface area contributed by atoms with Gasteiger partial charge in [-0.2, -0.15) is 4.98 Å². The van der Waals surface area contributed by atoms with Crippen molar-refractivity contribution in [2.24, 2.45) is 0 Å². The number of carbonyl (C=O) groups excluding carboxylic acids is 1. The van der Waals surface area contributed by atoms with Crippen molar-refractivity contribution in [2.45, 2.75) is 26.2 Å². The Bertz CT molecular complexity index is 876. The maximum Gasteiger partial charge on any atom is 0.358 e. The average Bonchev–Trinajstić information content (AvgIpc) is 3.23. The quantitative estimate of drug-likeness (QED) is 0.681. The molecule has 0 saturated heterocycles. The second-order valence-corrected chi connectivity index (χ2v) is 6.23. The SMILES string of the molecule is COC(=O)c1cn(-c2cc(-c3nc(C(C)(C)C)no3)ccn2)cn1. The van der Waals surface area contributed by atoms with Gasteiger partial charge in [-0.05, 0) is 12.1 Å². The molecule has 0 spiro atoms. The molecule has 8 nitrogen and oxygen atoms in total. The van der Waals surface area contributed by atoms with Crippen molar-refractivity contribution in [1.29, 1.82) is 0 Å². The second kappa shape index (κ2) is 5.88. The van der Waals surface area contributed by atoms with E-state index in [2.05, 4.69) is 24.8 Å². The number of carbonyl (C=O) groups is 1. The van der Waals surface area contributed by atoms with Crippen LogP contribution in [-0.2, 0) is 10.2 Å². The van der Waals surface area contributed by atoms with Crippen molar-refractivity contribution in [3.8, 4) is 17.3 Å². The smallest absolute Gasteiger partial charge is 0.358 e. The molecule has 0 N–H and O–H groups in total. The number of ether oxygens (including phenoxy) is 1. The van der Waals surface area contributed by atoms with Gasteiger partial charge in [0.15, 0.2) is 11.5 Å². The molecule has 124 valence electrons. The first-order chi connectivity index (χ1) is 11.4. The fraction of sp³-hybridized carbons (Fsp3) is 0.312. The summed E-state index contributed by atoms with van der Waals surface area (Å²) in [5, 5.41) is 4.02. The largest absolute Gasteiger partial charge is 0.464 e. The molecule has 8 heteroatoms. The predicted octanol–water partition coefficient (Wildman–Crippen LogP) is 2.40. The number of rotatable bonds is 3. The van der Waals surface area contributed by atoms with Crippen LogP contribution in [0.4, 0.5) is 0 Å². The summed E-state index contributed by atoms with van der Waals surface area (Å²) >= 11 is 0. The van der Waals surface area contributed by atoms with E-state index in [-0.39, 0.29) is 11.1 Å². The van der Waals surface area contributed by atoms with Gasteiger partial charge in [0.2, 0.25) is 0 Å². The molecule has 0 aliphatic rings. The van der Waals surface area contributed by atoms with Gasteiger partial charge in [0.25, 0.3) is 5.89 Å². The van der Waals surface area contributed by atoms with Crippen LogP contribution in [0, 0.1) is 0 Å². The summed E-state index contributed by atoms with van der Waals surface area (Å²) in [5.41, 5.74) is 0.742. The zero-order valence-corrected chi connectivity index (χ0v) is 13.8. The first-order valence-electron chi connectivity index (χ1n) is 7.32. The molecule has 0 atom stereocenters. The monoisotopic (exact) mass is 327 g/mol. The number of imidazole rings is 1. The van der Waals surface area contributed by atoms with Gasteiger partial charge in [-0.1, -0.05) is 25.9 Å². The molecule has 0 aliphatic heterocycles. The van der Waals surface area contributed by atoms with Crippen LogP contribution in [0.5, 0.6) is 0 Å². The first-order valence-corrected chi connectivity index (χ1v) is 7.32. The summed E-state index contributed by atoms with van der Waals surface area (Å²) < 4.78 is 11.6. The minimum absolute atomic E-state index is 0.197. The Hall–Kier alpha value is -3.03. The van der Waals surface area contributed by atoms with Crippen LogP contribution in [0.3, 0.4) is 0 Å². The number of nitrogens with zero attached hydrogens (tertiary/aromatic N) is 5. The topological polar surface area (TPSA) is 95.9 Å². The molecular weight excluding hydrogens is 310 g/mol. The second-order valence-electron chi connectivity index (χ2n) is 6.23. The van der Waals surface area contributed by atoms with E-state index in [1.54, 1.807) is 29.1 Å². The predicted molar refractivity (Wildman–Crippen MR) is 84.7 cm³/mol. The van der Waals surface area contributed by atoms with E-state index in [1.807, 2.05) is 20.8 Å². The van der Waals surface area contributed by atoms with E-state index in [4.69, 9.17) is 4.52 Å². The van der Waals surface area contributed by atoms with Gasteiger partial charge in [-0.15, -0.1) is 0 Å². The molecule has 3 rings (SSSR count). The van der Waals surface area contributed by atoms with Gasteiger partial charge in [-0.3, -0.25) is 4.57 Å². The summed E-state index contributed by atoms with van der Waals surface area (Å²) in [4.78, 5) is 24.2. The minimum atomic E-state index is -0.503. The molecule has 3 heterocycles. The van der Waals surface area contributed by atoms with Crippen molar-refractivity contribution < 1.29 is 14.1 Å². The van der Waals surface area contributed by atoms with Gasteiger partial charge in [-0.25, -0.2) is 14.8 Å². The summed E-state index contributed by atoms with van der Waals surface area (Å²) in [7, 11) is 1.31. The Labute approximate surface area is 138 Å². The van der Waals surface area contributed by atoms with Gasteiger partial charge in [0.1, 0.15) is 12.1 Å². The van der Waals surface area contributed by atoms with E-state index >= 15 is 0 Å². The lowest BCUT2D eigenvalue weighted by Gasteiger charge is -2.10. The van der Waals surface area contributed by atoms with Gasteiger partial charge in [0.05, 0.1) is 7.11 Å². The molecule has 24 heavy (non-hydrogen) atoms. The number of hydrogen-bond donors (Lipinski definition) is 0. The molecule has 0 aliphatic carbocycles. The summed E-state index contributed by atoms with van der Waals surface area (Å²) in [6.45, 7) is 6.04. The van der Waals surface area contributed by atoms with Crippen molar-refractivity contribution in [1.82, 2.24) is 24.7 Å².